The number of halogens is 1. The molecule has 3 amide bonds. The first-order valence-electron chi connectivity index (χ1n) is 15.0. The number of benzene rings is 3. The van der Waals surface area contributed by atoms with Crippen LogP contribution >= 0.6 is 15.9 Å². The average molecular weight is 689 g/mol. The van der Waals surface area contributed by atoms with Gasteiger partial charge in [0.1, 0.15) is 17.8 Å². The molecule has 0 fully saturated rings. The van der Waals surface area contributed by atoms with Crippen LogP contribution in [0.2, 0.25) is 0 Å². The zero-order valence-corrected chi connectivity index (χ0v) is 27.6. The Hall–Kier alpha value is -4.70. The highest BCUT2D eigenvalue weighted by atomic mass is 79.9. The molecule has 0 saturated carbocycles. The molecule has 3 aromatic carbocycles. The van der Waals surface area contributed by atoms with Crippen molar-refractivity contribution >= 4 is 39.4 Å². The van der Waals surface area contributed by atoms with Gasteiger partial charge in [-0.1, -0.05) is 68.4 Å². The van der Waals surface area contributed by atoms with E-state index in [1.165, 1.54) is 6.26 Å². The molecular weight excluding hydrogens is 650 g/mol. The number of Topliss-reactive ketones (excluding diaryl/α,β-unsaturated/α-hetero) is 1. The lowest BCUT2D eigenvalue weighted by molar-refractivity contribution is -0.130. The normalized spacial score (nSPS) is 12.9. The fraction of sp³-hybridized carbons (Fsp3) is 0.278. The minimum Gasteiger partial charge on any atom is -0.497 e. The number of furan rings is 1. The van der Waals surface area contributed by atoms with Crippen molar-refractivity contribution in [3.63, 3.8) is 0 Å². The molecule has 0 aliphatic heterocycles. The van der Waals surface area contributed by atoms with Gasteiger partial charge < -0.3 is 25.1 Å². The number of methoxy groups -OCH3 is 1. The Morgan fingerprint density at radius 1 is 0.717 bits per heavy atom. The number of nitrogens with one attached hydrogen (secondary N) is 3. The van der Waals surface area contributed by atoms with Crippen LogP contribution in [-0.2, 0) is 22.4 Å². The Morgan fingerprint density at radius 2 is 1.30 bits per heavy atom. The van der Waals surface area contributed by atoms with Gasteiger partial charge in [-0.05, 0) is 75.8 Å². The van der Waals surface area contributed by atoms with Crippen molar-refractivity contribution in [2.24, 2.45) is 5.92 Å². The van der Waals surface area contributed by atoms with Gasteiger partial charge in [0.2, 0.25) is 17.6 Å². The monoisotopic (exact) mass is 687 g/mol. The van der Waals surface area contributed by atoms with Crippen LogP contribution in [0.1, 0.15) is 52.3 Å². The van der Waals surface area contributed by atoms with Gasteiger partial charge in [0, 0.05) is 17.3 Å². The predicted molar refractivity (Wildman–Crippen MR) is 179 cm³/mol. The van der Waals surface area contributed by atoms with E-state index in [1.54, 1.807) is 67.8 Å². The molecule has 0 aliphatic carbocycles. The third kappa shape index (κ3) is 9.65. The Balaban J connectivity index is 1.61. The first kappa shape index (κ1) is 34.2. The number of rotatable bonds is 15. The summed E-state index contributed by atoms with van der Waals surface area (Å²) >= 11 is 3.41. The molecule has 4 aromatic rings. The zero-order chi connectivity index (χ0) is 33.1. The SMILES string of the molecule is COc1ccc(C[C@H](NC(=O)[C@H](Cc2ccccc2)NC(=O)c2ccccc2Br)C(=O)N[C@@H](CC(C)C)C(=O)c2ccco2)cc1. The molecule has 3 atom stereocenters. The smallest absolute Gasteiger partial charge is 0.253 e. The first-order valence-corrected chi connectivity index (χ1v) is 15.8. The van der Waals surface area contributed by atoms with Crippen LogP contribution in [-0.4, -0.2) is 48.7 Å². The minimum absolute atomic E-state index is 0.0848. The third-order valence-electron chi connectivity index (χ3n) is 7.36. The lowest BCUT2D eigenvalue weighted by Crippen LogP contribution is -2.57. The van der Waals surface area contributed by atoms with E-state index in [1.807, 2.05) is 44.2 Å². The van der Waals surface area contributed by atoms with Crippen LogP contribution in [0.25, 0.3) is 0 Å². The number of ether oxygens (including phenoxy) is 1. The standard InChI is InChI=1S/C36H38BrN3O6/c1-23(2)20-29(33(41)32-14-9-19-46-32)38-35(43)31(22-25-15-17-26(45-3)18-16-25)40-36(44)30(21-24-10-5-4-6-11-24)39-34(42)27-12-7-8-13-28(27)37/h4-19,23,29-31H,20-22H2,1-3H3,(H,38,43)(H,39,42)(H,40,44)/t29-,30-,31-/m0/s1. The molecule has 0 saturated heterocycles. The maximum absolute atomic E-state index is 14.0. The molecular formula is C36H38BrN3O6. The highest BCUT2D eigenvalue weighted by Crippen LogP contribution is 2.18. The second-order valence-corrected chi connectivity index (χ2v) is 12.2. The summed E-state index contributed by atoms with van der Waals surface area (Å²) in [6.07, 6.45) is 2.09. The van der Waals surface area contributed by atoms with E-state index in [2.05, 4.69) is 31.9 Å². The summed E-state index contributed by atoms with van der Waals surface area (Å²) in [4.78, 5) is 54.5. The Morgan fingerprint density at radius 3 is 1.89 bits per heavy atom. The number of hydrogen-bond donors (Lipinski definition) is 3. The van der Waals surface area contributed by atoms with Gasteiger partial charge in [0.15, 0.2) is 5.76 Å². The van der Waals surface area contributed by atoms with E-state index >= 15 is 0 Å². The average Bonchev–Trinajstić information content (AvgIpc) is 3.59. The molecule has 1 aromatic heterocycles. The van der Waals surface area contributed by atoms with Crippen LogP contribution in [0.4, 0.5) is 0 Å². The summed E-state index contributed by atoms with van der Waals surface area (Å²) < 4.78 is 11.2. The van der Waals surface area contributed by atoms with Gasteiger partial charge in [-0.3, -0.25) is 19.2 Å². The van der Waals surface area contributed by atoms with Gasteiger partial charge in [0.25, 0.3) is 5.91 Å². The minimum atomic E-state index is -1.07. The van der Waals surface area contributed by atoms with Gasteiger partial charge in [-0.15, -0.1) is 0 Å². The van der Waals surface area contributed by atoms with Crippen molar-refractivity contribution in [1.82, 2.24) is 16.0 Å². The van der Waals surface area contributed by atoms with Gasteiger partial charge in [-0.2, -0.15) is 0 Å². The topological polar surface area (TPSA) is 127 Å². The number of carbonyl (C=O) groups excluding carboxylic acids is 4. The molecule has 9 nitrogen and oxygen atoms in total. The van der Waals surface area contributed by atoms with E-state index in [-0.39, 0.29) is 30.3 Å². The van der Waals surface area contributed by atoms with Crippen molar-refractivity contribution in [3.8, 4) is 5.75 Å². The first-order chi connectivity index (χ1) is 22.1. The summed E-state index contributed by atoms with van der Waals surface area (Å²) in [6.45, 7) is 3.90. The largest absolute Gasteiger partial charge is 0.497 e. The molecule has 0 radical (unpaired) electrons. The number of carbonyl (C=O) groups is 4. The number of hydrogen-bond acceptors (Lipinski definition) is 6. The van der Waals surface area contributed by atoms with E-state index < -0.39 is 35.8 Å². The number of amides is 3. The van der Waals surface area contributed by atoms with Gasteiger partial charge >= 0.3 is 0 Å². The molecule has 0 bridgehead atoms. The molecule has 10 heteroatoms. The van der Waals surface area contributed by atoms with E-state index in [0.29, 0.717) is 22.2 Å². The Labute approximate surface area is 277 Å². The fourth-order valence-electron chi connectivity index (χ4n) is 4.99. The van der Waals surface area contributed by atoms with Crippen molar-refractivity contribution in [3.05, 3.63) is 124 Å². The van der Waals surface area contributed by atoms with E-state index in [0.717, 1.165) is 11.1 Å². The van der Waals surface area contributed by atoms with Crippen LogP contribution in [0.5, 0.6) is 5.75 Å². The van der Waals surface area contributed by atoms with Crippen molar-refractivity contribution < 1.29 is 28.3 Å². The number of ketones is 1. The van der Waals surface area contributed by atoms with Crippen molar-refractivity contribution in [2.75, 3.05) is 7.11 Å². The molecule has 4 rings (SSSR count). The quantitative estimate of drug-likeness (QED) is 0.141. The summed E-state index contributed by atoms with van der Waals surface area (Å²) in [7, 11) is 1.56. The third-order valence-corrected chi connectivity index (χ3v) is 8.05. The van der Waals surface area contributed by atoms with Gasteiger partial charge in [0.05, 0.1) is 25.0 Å². The van der Waals surface area contributed by atoms with Crippen molar-refractivity contribution in [2.45, 2.75) is 51.2 Å². The zero-order valence-electron chi connectivity index (χ0n) is 26.0. The second kappa shape index (κ2) is 16.6. The van der Waals surface area contributed by atoms with E-state index in [4.69, 9.17) is 9.15 Å². The van der Waals surface area contributed by atoms with Crippen LogP contribution in [0.3, 0.4) is 0 Å². The summed E-state index contributed by atoms with van der Waals surface area (Å²) in [5.74, 6) is -1.01. The van der Waals surface area contributed by atoms with Crippen LogP contribution in [0, 0.1) is 5.92 Å². The highest BCUT2D eigenvalue weighted by Gasteiger charge is 2.31. The fourth-order valence-corrected chi connectivity index (χ4v) is 5.45. The summed E-state index contributed by atoms with van der Waals surface area (Å²) in [5.41, 5.74) is 1.96. The van der Waals surface area contributed by atoms with Crippen LogP contribution < -0.4 is 20.7 Å². The molecule has 0 aliphatic rings. The maximum Gasteiger partial charge on any atom is 0.253 e. The second-order valence-electron chi connectivity index (χ2n) is 11.3. The molecule has 46 heavy (non-hydrogen) atoms. The maximum atomic E-state index is 14.0. The highest BCUT2D eigenvalue weighted by molar-refractivity contribution is 9.10. The summed E-state index contributed by atoms with van der Waals surface area (Å²) in [5, 5.41) is 8.59. The molecule has 0 spiro atoms. The molecule has 3 N–H and O–H groups in total. The molecule has 1 heterocycles. The van der Waals surface area contributed by atoms with Gasteiger partial charge in [-0.25, -0.2) is 0 Å². The van der Waals surface area contributed by atoms with E-state index in [9.17, 15) is 19.2 Å². The van der Waals surface area contributed by atoms with Crippen LogP contribution in [0.15, 0.2) is 106 Å². The predicted octanol–water partition coefficient (Wildman–Crippen LogP) is 5.53. The lowest BCUT2D eigenvalue weighted by atomic mass is 9.97. The molecule has 240 valence electrons. The summed E-state index contributed by atoms with van der Waals surface area (Å²) in [6, 6.07) is 23.6. The Kier molecular flexibility index (Phi) is 12.3. The Bertz CT molecular complexity index is 1610. The lowest BCUT2D eigenvalue weighted by Gasteiger charge is -2.26. The van der Waals surface area contributed by atoms with Crippen molar-refractivity contribution in [1.29, 1.82) is 0 Å². The molecule has 0 unspecified atom stereocenters.